The summed E-state index contributed by atoms with van der Waals surface area (Å²) < 4.78 is 46.9. The molecule has 0 saturated heterocycles. The Balaban J connectivity index is 1.20. The highest BCUT2D eigenvalue weighted by Crippen LogP contribution is 2.33. The van der Waals surface area contributed by atoms with Gasteiger partial charge in [0.15, 0.2) is 0 Å². The number of carboxylic acids is 1. The van der Waals surface area contributed by atoms with Gasteiger partial charge >= 0.3 is 12.1 Å². The van der Waals surface area contributed by atoms with Gasteiger partial charge in [0.2, 0.25) is 6.10 Å². The summed E-state index contributed by atoms with van der Waals surface area (Å²) in [5.74, 6) is -1.58. The van der Waals surface area contributed by atoms with Gasteiger partial charge in [-0.2, -0.15) is 13.2 Å². The van der Waals surface area contributed by atoms with Crippen molar-refractivity contribution >= 4 is 34.5 Å². The summed E-state index contributed by atoms with van der Waals surface area (Å²) in [5, 5.41) is 21.7. The van der Waals surface area contributed by atoms with Crippen LogP contribution in [0.4, 0.5) is 13.2 Å². The number of carboxylic acid groups (broad SMARTS) is 1. The van der Waals surface area contributed by atoms with Gasteiger partial charge in [0.05, 0.1) is 23.7 Å². The van der Waals surface area contributed by atoms with E-state index in [0.29, 0.717) is 27.2 Å². The largest absolute Gasteiger partial charge is 0.478 e. The predicted octanol–water partition coefficient (Wildman–Crippen LogP) is 7.16. The Hall–Kier alpha value is -4.90. The van der Waals surface area contributed by atoms with Crippen LogP contribution >= 0.6 is 11.6 Å². The fraction of sp³-hybridized carbons (Fsp3) is 0.212. The molecule has 12 heteroatoms. The van der Waals surface area contributed by atoms with Crippen LogP contribution in [-0.2, 0) is 23.9 Å². The Kier molecular flexibility index (Phi) is 8.20. The topological polar surface area (TPSA) is 106 Å². The number of amides is 1. The third-order valence-corrected chi connectivity index (χ3v) is 8.15. The van der Waals surface area contributed by atoms with Crippen LogP contribution in [0.2, 0.25) is 5.02 Å². The molecule has 0 fully saturated rings. The van der Waals surface area contributed by atoms with E-state index in [2.05, 4.69) is 21.7 Å². The molecule has 230 valence electrons. The van der Waals surface area contributed by atoms with Crippen molar-refractivity contribution in [2.75, 3.05) is 0 Å². The van der Waals surface area contributed by atoms with E-state index >= 15 is 0 Å². The number of aromatic nitrogens is 3. The molecule has 8 nitrogen and oxygen atoms in total. The van der Waals surface area contributed by atoms with Crippen molar-refractivity contribution in [3.8, 4) is 5.75 Å². The molecule has 2 atom stereocenters. The zero-order chi connectivity index (χ0) is 31.7. The van der Waals surface area contributed by atoms with Crippen molar-refractivity contribution in [3.05, 3.63) is 123 Å². The lowest BCUT2D eigenvalue weighted by Crippen LogP contribution is -2.30. The summed E-state index contributed by atoms with van der Waals surface area (Å²) in [7, 11) is 0. The summed E-state index contributed by atoms with van der Waals surface area (Å²) in [4.78, 5) is 25.1. The molecule has 1 amide bonds. The van der Waals surface area contributed by atoms with Crippen LogP contribution < -0.4 is 10.1 Å². The fourth-order valence-electron chi connectivity index (χ4n) is 5.56. The highest BCUT2D eigenvalue weighted by Gasteiger charge is 2.32. The number of aliphatic carboxylic acids is 1. The van der Waals surface area contributed by atoms with Crippen LogP contribution in [-0.4, -0.2) is 32.0 Å². The van der Waals surface area contributed by atoms with Gasteiger partial charge in [-0.05, 0) is 84.5 Å². The van der Waals surface area contributed by atoms with E-state index in [-0.39, 0.29) is 29.8 Å². The van der Waals surface area contributed by atoms with Crippen molar-refractivity contribution in [1.82, 2.24) is 20.3 Å². The maximum atomic E-state index is 13.2. The number of alkyl halides is 3. The quantitative estimate of drug-likeness (QED) is 0.188. The van der Waals surface area contributed by atoms with Gasteiger partial charge in [-0.1, -0.05) is 53.2 Å². The Morgan fingerprint density at radius 3 is 2.67 bits per heavy atom. The number of nitrogens with zero attached hydrogens (tertiary/aromatic N) is 3. The number of nitrogens with one attached hydrogen (secondary N) is 1. The maximum Gasteiger partial charge on any atom is 0.416 e. The molecule has 4 aromatic carbocycles. The van der Waals surface area contributed by atoms with Crippen LogP contribution in [0.3, 0.4) is 0 Å². The molecule has 1 heterocycles. The average molecular weight is 635 g/mol. The standard InChI is InChI=1S/C33H26ClF3N4O4/c34-26-13-12-24(45-30(32(43)44)20-7-3-8-23(15-20)33(35,36)37)16-22(26)18-41-29-14-11-21(17-28(29)39-40-41)31(42)38-27-10-4-6-19-5-1-2-9-25(19)27/h1-3,5,7-9,11-17,27,30H,4,6,10,18H2,(H,38,42)(H,43,44). The SMILES string of the molecule is O=C(NC1CCCc2ccccc21)c1ccc2c(c1)nnn2Cc1cc(OC(C(=O)O)c2cccc(C(F)(F)F)c2)ccc1Cl. The van der Waals surface area contributed by atoms with Crippen molar-refractivity contribution in [2.24, 2.45) is 0 Å². The Bertz CT molecular complexity index is 1910. The maximum absolute atomic E-state index is 13.2. The monoisotopic (exact) mass is 634 g/mol. The summed E-state index contributed by atoms with van der Waals surface area (Å²) in [6.45, 7) is 0.123. The van der Waals surface area contributed by atoms with Crippen molar-refractivity contribution in [3.63, 3.8) is 0 Å². The van der Waals surface area contributed by atoms with Crippen LogP contribution in [0.1, 0.15) is 63.2 Å². The molecule has 2 N–H and O–H groups in total. The molecule has 6 rings (SSSR count). The Morgan fingerprint density at radius 1 is 1.04 bits per heavy atom. The van der Waals surface area contributed by atoms with E-state index in [1.165, 1.54) is 29.8 Å². The molecule has 0 radical (unpaired) electrons. The molecule has 0 bridgehead atoms. The highest BCUT2D eigenvalue weighted by molar-refractivity contribution is 6.31. The molecule has 1 aromatic heterocycles. The predicted molar refractivity (Wildman–Crippen MR) is 160 cm³/mol. The van der Waals surface area contributed by atoms with Crippen LogP contribution in [0.15, 0.2) is 84.9 Å². The average Bonchev–Trinajstić information content (AvgIpc) is 3.42. The number of carbonyl (C=O) groups excluding carboxylic acids is 1. The van der Waals surface area contributed by atoms with Gasteiger partial charge in [0.1, 0.15) is 11.3 Å². The molecule has 45 heavy (non-hydrogen) atoms. The highest BCUT2D eigenvalue weighted by atomic mass is 35.5. The van der Waals surface area contributed by atoms with Crippen molar-refractivity contribution in [1.29, 1.82) is 0 Å². The third-order valence-electron chi connectivity index (χ3n) is 7.78. The van der Waals surface area contributed by atoms with Gasteiger partial charge in [-0.3, -0.25) is 4.79 Å². The minimum absolute atomic E-state index is 0.0697. The van der Waals surface area contributed by atoms with E-state index in [9.17, 15) is 27.9 Å². The number of halogens is 4. The zero-order valence-electron chi connectivity index (χ0n) is 23.6. The smallest absolute Gasteiger partial charge is 0.416 e. The molecule has 2 unspecified atom stereocenters. The van der Waals surface area contributed by atoms with E-state index in [0.717, 1.165) is 43.0 Å². The summed E-state index contributed by atoms with van der Waals surface area (Å²) in [6, 6.07) is 21.6. The van der Waals surface area contributed by atoms with Crippen molar-refractivity contribution < 1.29 is 32.6 Å². The first-order valence-corrected chi connectivity index (χ1v) is 14.5. The molecular formula is C33H26ClF3N4O4. The minimum Gasteiger partial charge on any atom is -0.478 e. The zero-order valence-corrected chi connectivity index (χ0v) is 24.3. The number of benzene rings is 4. The Labute approximate surface area is 260 Å². The van der Waals surface area contributed by atoms with Gasteiger partial charge < -0.3 is 15.2 Å². The van der Waals surface area contributed by atoms with E-state index < -0.39 is 23.8 Å². The summed E-state index contributed by atoms with van der Waals surface area (Å²) in [5.41, 5.74) is 3.31. The van der Waals surface area contributed by atoms with Gasteiger partial charge in [0, 0.05) is 16.1 Å². The number of aryl methyl sites for hydroxylation is 1. The normalized spacial score (nSPS) is 15.3. The number of carbonyl (C=O) groups is 2. The number of hydrogen-bond donors (Lipinski definition) is 2. The number of hydrogen-bond acceptors (Lipinski definition) is 5. The summed E-state index contributed by atoms with van der Waals surface area (Å²) >= 11 is 6.44. The van der Waals surface area contributed by atoms with Crippen molar-refractivity contribution in [2.45, 2.75) is 44.1 Å². The lowest BCUT2D eigenvalue weighted by Gasteiger charge is -2.26. The molecule has 5 aromatic rings. The second-order valence-corrected chi connectivity index (χ2v) is 11.2. The number of ether oxygens (including phenoxy) is 1. The minimum atomic E-state index is -4.64. The third kappa shape index (κ3) is 6.48. The first-order valence-electron chi connectivity index (χ1n) is 14.1. The molecule has 0 saturated carbocycles. The van der Waals surface area contributed by atoms with E-state index in [1.807, 2.05) is 18.2 Å². The molecule has 0 aliphatic heterocycles. The molecule has 1 aliphatic rings. The number of fused-ring (bicyclic) bond motifs is 2. The Morgan fingerprint density at radius 2 is 1.87 bits per heavy atom. The molecule has 1 aliphatic carbocycles. The van der Waals surface area contributed by atoms with Gasteiger partial charge in [0.25, 0.3) is 5.91 Å². The lowest BCUT2D eigenvalue weighted by molar-refractivity contribution is -0.146. The van der Waals surface area contributed by atoms with E-state index in [1.54, 1.807) is 22.9 Å². The second-order valence-electron chi connectivity index (χ2n) is 10.8. The molecular weight excluding hydrogens is 609 g/mol. The van der Waals surface area contributed by atoms with Gasteiger partial charge in [-0.15, -0.1) is 5.10 Å². The summed E-state index contributed by atoms with van der Waals surface area (Å²) in [6.07, 6.45) is -3.49. The molecule has 0 spiro atoms. The lowest BCUT2D eigenvalue weighted by atomic mass is 9.87. The van der Waals surface area contributed by atoms with E-state index in [4.69, 9.17) is 16.3 Å². The first-order chi connectivity index (χ1) is 21.6. The van der Waals surface area contributed by atoms with Crippen LogP contribution in [0, 0.1) is 0 Å². The first kappa shape index (κ1) is 30.1. The van der Waals surface area contributed by atoms with Crippen LogP contribution in [0.25, 0.3) is 11.0 Å². The second kappa shape index (κ2) is 12.2. The fourth-order valence-corrected chi connectivity index (χ4v) is 5.74. The van der Waals surface area contributed by atoms with Crippen LogP contribution in [0.5, 0.6) is 5.75 Å². The number of rotatable bonds is 8. The van der Waals surface area contributed by atoms with Gasteiger partial charge in [-0.25, -0.2) is 9.48 Å².